The molecule has 0 amide bonds. The monoisotopic (exact) mass is 223 g/mol. The van der Waals surface area contributed by atoms with Crippen LogP contribution in [0.3, 0.4) is 0 Å². The molecule has 0 spiro atoms. The molecule has 84 valence electrons. The second-order valence-corrected chi connectivity index (χ2v) is 6.20. The van der Waals surface area contributed by atoms with Gasteiger partial charge in [-0.1, -0.05) is 26.7 Å². The number of hydrogen-bond donors (Lipinski definition) is 1. The van der Waals surface area contributed by atoms with Gasteiger partial charge in [-0.3, -0.25) is 0 Å². The molecule has 0 radical (unpaired) electrons. The summed E-state index contributed by atoms with van der Waals surface area (Å²) in [5.41, 5.74) is 6.77. The highest BCUT2D eigenvalue weighted by Gasteiger charge is 2.36. The molecule has 0 aliphatic heterocycles. The smallest absolute Gasteiger partial charge is 0.0444 e. The summed E-state index contributed by atoms with van der Waals surface area (Å²) >= 11 is 1.90. The van der Waals surface area contributed by atoms with Crippen molar-refractivity contribution in [3.63, 3.8) is 0 Å². The molecule has 1 unspecified atom stereocenters. The van der Waals surface area contributed by atoms with E-state index in [0.29, 0.717) is 5.41 Å². The second-order valence-electron chi connectivity index (χ2n) is 5.00. The Morgan fingerprint density at radius 2 is 2.07 bits per heavy atom. The molecule has 1 nitrogen and oxygen atoms in total. The summed E-state index contributed by atoms with van der Waals surface area (Å²) in [6.07, 6.45) is 6.45. The van der Waals surface area contributed by atoms with E-state index in [-0.39, 0.29) is 6.04 Å². The van der Waals surface area contributed by atoms with Crippen molar-refractivity contribution >= 4 is 11.3 Å². The Hall–Kier alpha value is -0.340. The second kappa shape index (κ2) is 4.26. The summed E-state index contributed by atoms with van der Waals surface area (Å²) < 4.78 is 0. The minimum absolute atomic E-state index is 0.255. The number of thiophene rings is 1. The lowest BCUT2D eigenvalue weighted by atomic mass is 9.80. The lowest BCUT2D eigenvalue weighted by molar-refractivity contribution is 0.268. The van der Waals surface area contributed by atoms with Crippen molar-refractivity contribution in [1.29, 1.82) is 0 Å². The molecule has 0 bridgehead atoms. The average molecular weight is 223 g/mol. The third kappa shape index (κ3) is 2.11. The maximum atomic E-state index is 6.41. The van der Waals surface area contributed by atoms with Gasteiger partial charge in [0, 0.05) is 15.8 Å². The summed E-state index contributed by atoms with van der Waals surface area (Å²) in [6.45, 7) is 4.56. The van der Waals surface area contributed by atoms with Gasteiger partial charge < -0.3 is 5.73 Å². The van der Waals surface area contributed by atoms with Gasteiger partial charge in [0.2, 0.25) is 0 Å². The number of aryl methyl sites for hydroxylation is 1. The van der Waals surface area contributed by atoms with Crippen molar-refractivity contribution in [2.24, 2.45) is 11.1 Å². The van der Waals surface area contributed by atoms with Gasteiger partial charge in [-0.15, -0.1) is 11.3 Å². The van der Waals surface area contributed by atoms with Crippen LogP contribution in [0, 0.1) is 5.41 Å². The Kier molecular flexibility index (Phi) is 3.17. The lowest BCUT2D eigenvalue weighted by Gasteiger charge is -2.30. The molecule has 1 atom stereocenters. The molecule has 1 aliphatic rings. The summed E-state index contributed by atoms with van der Waals surface area (Å²) in [5.74, 6) is 0. The van der Waals surface area contributed by atoms with Crippen LogP contribution in [0.4, 0.5) is 0 Å². The number of nitrogens with two attached hydrogens (primary N) is 1. The van der Waals surface area contributed by atoms with Gasteiger partial charge in [0.15, 0.2) is 0 Å². The van der Waals surface area contributed by atoms with Gasteiger partial charge in [0.05, 0.1) is 0 Å². The van der Waals surface area contributed by atoms with E-state index in [1.165, 1.54) is 35.4 Å². The molecule has 1 aromatic heterocycles. The van der Waals surface area contributed by atoms with Crippen LogP contribution < -0.4 is 5.73 Å². The van der Waals surface area contributed by atoms with E-state index >= 15 is 0 Å². The zero-order valence-electron chi connectivity index (χ0n) is 9.75. The zero-order valence-corrected chi connectivity index (χ0v) is 10.6. The molecule has 1 fully saturated rings. The minimum atomic E-state index is 0.255. The summed E-state index contributed by atoms with van der Waals surface area (Å²) in [6, 6.07) is 4.72. The third-order valence-corrected chi connectivity index (χ3v) is 5.15. The predicted molar refractivity (Wildman–Crippen MR) is 67.2 cm³/mol. The Bertz CT molecular complexity index is 323. The molecule has 2 N–H and O–H groups in total. The Morgan fingerprint density at radius 1 is 1.40 bits per heavy atom. The van der Waals surface area contributed by atoms with Crippen molar-refractivity contribution in [1.82, 2.24) is 0 Å². The third-order valence-electron chi connectivity index (χ3n) is 3.83. The standard InChI is InChI=1S/C13H21NS/c1-3-10-6-7-11(15-10)12(14)13(2)8-4-5-9-13/h6-7,12H,3-5,8-9,14H2,1-2H3. The molecule has 1 heterocycles. The molecule has 15 heavy (non-hydrogen) atoms. The molecule has 1 aliphatic carbocycles. The summed E-state index contributed by atoms with van der Waals surface area (Å²) in [4.78, 5) is 2.85. The maximum absolute atomic E-state index is 6.41. The van der Waals surface area contributed by atoms with Crippen LogP contribution in [0.1, 0.15) is 55.3 Å². The lowest BCUT2D eigenvalue weighted by Crippen LogP contribution is -2.28. The van der Waals surface area contributed by atoms with Crippen molar-refractivity contribution in [2.45, 2.75) is 52.0 Å². The Balaban J connectivity index is 2.15. The van der Waals surface area contributed by atoms with Crippen LogP contribution in [0.2, 0.25) is 0 Å². The maximum Gasteiger partial charge on any atom is 0.0444 e. The van der Waals surface area contributed by atoms with Crippen LogP contribution in [0.25, 0.3) is 0 Å². The summed E-state index contributed by atoms with van der Waals surface area (Å²) in [5, 5.41) is 0. The van der Waals surface area contributed by atoms with Crippen molar-refractivity contribution < 1.29 is 0 Å². The van der Waals surface area contributed by atoms with Gasteiger partial charge >= 0.3 is 0 Å². The Morgan fingerprint density at radius 3 is 2.60 bits per heavy atom. The van der Waals surface area contributed by atoms with E-state index in [2.05, 4.69) is 26.0 Å². The molecule has 0 saturated heterocycles. The highest BCUT2D eigenvalue weighted by molar-refractivity contribution is 7.12. The van der Waals surface area contributed by atoms with Crippen LogP contribution in [-0.2, 0) is 6.42 Å². The molecule has 1 aromatic rings. The predicted octanol–water partition coefficient (Wildman–Crippen LogP) is 3.89. The van der Waals surface area contributed by atoms with E-state index in [9.17, 15) is 0 Å². The minimum Gasteiger partial charge on any atom is -0.323 e. The topological polar surface area (TPSA) is 26.0 Å². The van der Waals surface area contributed by atoms with Crippen molar-refractivity contribution in [3.8, 4) is 0 Å². The van der Waals surface area contributed by atoms with E-state index in [1.54, 1.807) is 0 Å². The average Bonchev–Trinajstić information content (AvgIpc) is 2.85. The molecule has 1 saturated carbocycles. The van der Waals surface area contributed by atoms with E-state index in [1.807, 2.05) is 11.3 Å². The van der Waals surface area contributed by atoms with Crippen LogP contribution in [0.15, 0.2) is 12.1 Å². The van der Waals surface area contributed by atoms with Crippen LogP contribution >= 0.6 is 11.3 Å². The first kappa shape index (κ1) is 11.2. The SMILES string of the molecule is CCc1ccc(C(N)C2(C)CCCC2)s1. The first-order valence-corrected chi connectivity index (χ1v) is 6.81. The van der Waals surface area contributed by atoms with E-state index in [0.717, 1.165) is 6.42 Å². The summed E-state index contributed by atoms with van der Waals surface area (Å²) in [7, 11) is 0. The van der Waals surface area contributed by atoms with E-state index < -0.39 is 0 Å². The fourth-order valence-corrected chi connectivity index (χ4v) is 3.72. The quantitative estimate of drug-likeness (QED) is 0.826. The molecule has 0 aromatic carbocycles. The largest absolute Gasteiger partial charge is 0.323 e. The molecule has 2 heteroatoms. The van der Waals surface area contributed by atoms with Crippen molar-refractivity contribution in [2.75, 3.05) is 0 Å². The molecular weight excluding hydrogens is 202 g/mol. The van der Waals surface area contributed by atoms with Crippen LogP contribution in [0.5, 0.6) is 0 Å². The fraction of sp³-hybridized carbons (Fsp3) is 0.692. The Labute approximate surface area is 96.7 Å². The van der Waals surface area contributed by atoms with Gasteiger partial charge in [-0.2, -0.15) is 0 Å². The van der Waals surface area contributed by atoms with Gasteiger partial charge in [-0.05, 0) is 36.8 Å². The fourth-order valence-electron chi connectivity index (χ4n) is 2.59. The van der Waals surface area contributed by atoms with E-state index in [4.69, 9.17) is 5.73 Å². The normalized spacial score (nSPS) is 21.8. The number of rotatable bonds is 3. The first-order chi connectivity index (χ1) is 7.15. The van der Waals surface area contributed by atoms with Gasteiger partial charge in [-0.25, -0.2) is 0 Å². The highest BCUT2D eigenvalue weighted by atomic mass is 32.1. The van der Waals surface area contributed by atoms with Gasteiger partial charge in [0.1, 0.15) is 0 Å². The zero-order chi connectivity index (χ0) is 10.9. The van der Waals surface area contributed by atoms with Crippen molar-refractivity contribution in [3.05, 3.63) is 21.9 Å². The van der Waals surface area contributed by atoms with Crippen LogP contribution in [-0.4, -0.2) is 0 Å². The van der Waals surface area contributed by atoms with Gasteiger partial charge in [0.25, 0.3) is 0 Å². The molecular formula is C13H21NS. The molecule has 2 rings (SSSR count). The first-order valence-electron chi connectivity index (χ1n) is 6.00. The number of hydrogen-bond acceptors (Lipinski definition) is 2. The highest BCUT2D eigenvalue weighted by Crippen LogP contribution is 2.47.